The normalized spacial score (nSPS) is 17.5. The zero-order chi connectivity index (χ0) is 17.1. The standard InChI is InChI=1S/C16H28N4O3/c1-5-18-23-12-6-7-13(2)15(17-3)19-14-8-10-20(11-9-14)16(21)22-4/h6-7,12,14,18H,5,8-11H2,1-4H3,(H,17,19)/b12-6+,13-7+. The van der Waals surface area contributed by atoms with Crippen molar-refractivity contribution in [2.75, 3.05) is 33.8 Å². The summed E-state index contributed by atoms with van der Waals surface area (Å²) in [5.41, 5.74) is 3.77. The van der Waals surface area contributed by atoms with Gasteiger partial charge in [-0.25, -0.2) is 4.79 Å². The van der Waals surface area contributed by atoms with Gasteiger partial charge in [-0.3, -0.25) is 4.99 Å². The second-order valence-electron chi connectivity index (χ2n) is 5.24. The largest absolute Gasteiger partial charge is 0.453 e. The summed E-state index contributed by atoms with van der Waals surface area (Å²) in [6, 6.07) is 0.306. The molecule has 7 heteroatoms. The lowest BCUT2D eigenvalue weighted by atomic mass is 10.0. The second-order valence-corrected chi connectivity index (χ2v) is 5.24. The Bertz CT molecular complexity index is 452. The Morgan fingerprint density at radius 1 is 1.39 bits per heavy atom. The van der Waals surface area contributed by atoms with Gasteiger partial charge in [-0.05, 0) is 38.3 Å². The number of hydroxylamine groups is 1. The molecule has 0 unspecified atom stereocenters. The van der Waals surface area contributed by atoms with Crippen LogP contribution in [0.25, 0.3) is 0 Å². The van der Waals surface area contributed by atoms with Crippen LogP contribution in [0.15, 0.2) is 29.0 Å². The van der Waals surface area contributed by atoms with Crippen molar-refractivity contribution >= 4 is 11.9 Å². The zero-order valence-corrected chi connectivity index (χ0v) is 14.5. The number of nitrogens with zero attached hydrogens (tertiary/aromatic N) is 2. The molecule has 7 nitrogen and oxygen atoms in total. The van der Waals surface area contributed by atoms with E-state index >= 15 is 0 Å². The lowest BCUT2D eigenvalue weighted by Gasteiger charge is -2.32. The average Bonchev–Trinajstić information content (AvgIpc) is 2.59. The summed E-state index contributed by atoms with van der Waals surface area (Å²) in [5.74, 6) is 0.856. The zero-order valence-electron chi connectivity index (χ0n) is 14.5. The lowest BCUT2D eigenvalue weighted by molar-refractivity contribution is 0.111. The number of ether oxygens (including phenoxy) is 1. The van der Waals surface area contributed by atoms with Gasteiger partial charge in [-0.1, -0.05) is 6.08 Å². The summed E-state index contributed by atoms with van der Waals surface area (Å²) in [5, 5.41) is 3.45. The van der Waals surface area contributed by atoms with E-state index in [-0.39, 0.29) is 6.09 Å². The third kappa shape index (κ3) is 6.73. The number of likely N-dealkylation sites (tertiary alicyclic amines) is 1. The van der Waals surface area contributed by atoms with Gasteiger partial charge < -0.3 is 19.8 Å². The number of methoxy groups -OCH3 is 1. The number of hydrogen-bond donors (Lipinski definition) is 2. The van der Waals surface area contributed by atoms with Crippen LogP contribution in [0.4, 0.5) is 4.79 Å². The van der Waals surface area contributed by atoms with Gasteiger partial charge >= 0.3 is 6.09 Å². The molecule has 1 rings (SSSR count). The van der Waals surface area contributed by atoms with Crippen molar-refractivity contribution in [3.8, 4) is 0 Å². The van der Waals surface area contributed by atoms with Crippen LogP contribution in [-0.4, -0.2) is 56.7 Å². The van der Waals surface area contributed by atoms with Crippen molar-refractivity contribution in [2.24, 2.45) is 4.99 Å². The Morgan fingerprint density at radius 3 is 2.65 bits per heavy atom. The number of allylic oxidation sites excluding steroid dienone is 2. The van der Waals surface area contributed by atoms with E-state index in [0.29, 0.717) is 19.1 Å². The molecular formula is C16H28N4O3. The molecule has 0 aromatic heterocycles. The van der Waals surface area contributed by atoms with Crippen LogP contribution in [0, 0.1) is 0 Å². The number of rotatable bonds is 6. The summed E-state index contributed by atoms with van der Waals surface area (Å²) < 4.78 is 4.75. The lowest BCUT2D eigenvalue weighted by Crippen LogP contribution is -2.46. The molecule has 130 valence electrons. The van der Waals surface area contributed by atoms with Gasteiger partial charge in [0.25, 0.3) is 0 Å². The maximum absolute atomic E-state index is 11.5. The highest BCUT2D eigenvalue weighted by Crippen LogP contribution is 2.12. The van der Waals surface area contributed by atoms with Gasteiger partial charge in [-0.15, -0.1) is 0 Å². The first kappa shape index (κ1) is 19.0. The molecule has 0 atom stereocenters. The Balaban J connectivity index is 2.46. The van der Waals surface area contributed by atoms with Crippen molar-refractivity contribution in [1.82, 2.24) is 15.7 Å². The quantitative estimate of drug-likeness (QED) is 0.195. The Labute approximate surface area is 138 Å². The highest BCUT2D eigenvalue weighted by atomic mass is 16.6. The molecular weight excluding hydrogens is 296 g/mol. The van der Waals surface area contributed by atoms with E-state index in [2.05, 4.69) is 15.8 Å². The number of carbonyl (C=O) groups is 1. The van der Waals surface area contributed by atoms with E-state index in [1.54, 1.807) is 18.2 Å². The number of piperidine rings is 1. The molecule has 0 aromatic rings. The van der Waals surface area contributed by atoms with Crippen LogP contribution < -0.4 is 10.8 Å². The Hall–Kier alpha value is -2.02. The van der Waals surface area contributed by atoms with Crippen LogP contribution >= 0.6 is 0 Å². The molecule has 0 saturated carbocycles. The van der Waals surface area contributed by atoms with Crippen LogP contribution in [0.1, 0.15) is 26.7 Å². The van der Waals surface area contributed by atoms with E-state index in [0.717, 1.165) is 30.8 Å². The van der Waals surface area contributed by atoms with Crippen molar-refractivity contribution < 1.29 is 14.4 Å². The van der Waals surface area contributed by atoms with Gasteiger partial charge in [-0.2, -0.15) is 5.48 Å². The van der Waals surface area contributed by atoms with Gasteiger partial charge in [0.2, 0.25) is 0 Å². The smallest absolute Gasteiger partial charge is 0.409 e. The first-order chi connectivity index (χ1) is 11.1. The van der Waals surface area contributed by atoms with Crippen molar-refractivity contribution in [1.29, 1.82) is 0 Å². The number of aliphatic imine (C=N–C) groups is 1. The molecule has 1 aliphatic heterocycles. The molecule has 1 amide bonds. The van der Waals surface area contributed by atoms with E-state index < -0.39 is 0 Å². The van der Waals surface area contributed by atoms with Crippen LogP contribution in [-0.2, 0) is 9.57 Å². The van der Waals surface area contributed by atoms with Crippen LogP contribution in [0.3, 0.4) is 0 Å². The summed E-state index contributed by atoms with van der Waals surface area (Å²) in [4.78, 5) is 22.6. The summed E-state index contributed by atoms with van der Waals surface area (Å²) in [6.45, 7) is 6.10. The van der Waals surface area contributed by atoms with Crippen molar-refractivity contribution in [3.63, 3.8) is 0 Å². The molecule has 2 N–H and O–H groups in total. The van der Waals surface area contributed by atoms with E-state index in [1.165, 1.54) is 7.11 Å². The maximum Gasteiger partial charge on any atom is 0.409 e. The molecule has 1 saturated heterocycles. The predicted molar refractivity (Wildman–Crippen MR) is 91.2 cm³/mol. The summed E-state index contributed by atoms with van der Waals surface area (Å²) >= 11 is 0. The minimum Gasteiger partial charge on any atom is -0.453 e. The van der Waals surface area contributed by atoms with Gasteiger partial charge in [0.1, 0.15) is 12.1 Å². The molecule has 0 aromatic carbocycles. The fourth-order valence-electron chi connectivity index (χ4n) is 2.32. The molecule has 1 heterocycles. The monoisotopic (exact) mass is 324 g/mol. The minimum atomic E-state index is -0.255. The number of amidine groups is 1. The third-order valence-electron chi connectivity index (χ3n) is 3.59. The molecule has 0 aliphatic carbocycles. The molecule has 1 fully saturated rings. The number of carbonyl (C=O) groups excluding carboxylic acids is 1. The fraction of sp³-hybridized carbons (Fsp3) is 0.625. The van der Waals surface area contributed by atoms with Crippen molar-refractivity contribution in [3.05, 3.63) is 24.0 Å². The Kier molecular flexibility index (Phi) is 8.82. The molecule has 23 heavy (non-hydrogen) atoms. The molecule has 0 spiro atoms. The van der Waals surface area contributed by atoms with Crippen LogP contribution in [0.5, 0.6) is 0 Å². The molecule has 0 bridgehead atoms. The van der Waals surface area contributed by atoms with E-state index in [9.17, 15) is 4.79 Å². The minimum absolute atomic E-state index is 0.255. The van der Waals surface area contributed by atoms with E-state index in [1.807, 2.05) is 26.0 Å². The van der Waals surface area contributed by atoms with Gasteiger partial charge in [0.15, 0.2) is 0 Å². The number of nitrogens with one attached hydrogen (secondary N) is 2. The summed E-state index contributed by atoms with van der Waals surface area (Å²) in [6.07, 6.45) is 6.85. The molecule has 0 radical (unpaired) electrons. The molecule has 1 aliphatic rings. The topological polar surface area (TPSA) is 75.2 Å². The van der Waals surface area contributed by atoms with Crippen molar-refractivity contribution in [2.45, 2.75) is 32.7 Å². The fourth-order valence-corrected chi connectivity index (χ4v) is 2.32. The Morgan fingerprint density at radius 2 is 2.09 bits per heavy atom. The van der Waals surface area contributed by atoms with E-state index in [4.69, 9.17) is 9.57 Å². The summed E-state index contributed by atoms with van der Waals surface area (Å²) in [7, 11) is 3.18. The third-order valence-corrected chi connectivity index (χ3v) is 3.59. The maximum atomic E-state index is 11.5. The van der Waals surface area contributed by atoms with Crippen LogP contribution in [0.2, 0.25) is 0 Å². The van der Waals surface area contributed by atoms with Gasteiger partial charge in [0, 0.05) is 32.7 Å². The average molecular weight is 324 g/mol. The van der Waals surface area contributed by atoms with Gasteiger partial charge in [0.05, 0.1) is 7.11 Å². The number of amides is 1. The SMILES string of the molecule is CCNO/C=C/C=C(C)/C(=N\C)NC1CCN(C(=O)OC)CC1. The first-order valence-electron chi connectivity index (χ1n) is 7.90. The highest BCUT2D eigenvalue weighted by molar-refractivity contribution is 5.98. The highest BCUT2D eigenvalue weighted by Gasteiger charge is 2.23. The number of hydrogen-bond acceptors (Lipinski definition) is 5. The predicted octanol–water partition coefficient (Wildman–Crippen LogP) is 1.84. The second kappa shape index (κ2) is 10.7. The first-order valence-corrected chi connectivity index (χ1v) is 7.90.